The molecule has 0 atom stereocenters. The van der Waals surface area contributed by atoms with Crippen LogP contribution < -0.4 is 10.6 Å². The van der Waals surface area contributed by atoms with E-state index in [1.165, 1.54) is 17.5 Å². The van der Waals surface area contributed by atoms with Gasteiger partial charge in [0.25, 0.3) is 5.91 Å². The first kappa shape index (κ1) is 13.7. The van der Waals surface area contributed by atoms with Gasteiger partial charge in [0.15, 0.2) is 0 Å². The number of para-hydroxylation sites is 2. The van der Waals surface area contributed by atoms with E-state index in [9.17, 15) is 4.79 Å². The van der Waals surface area contributed by atoms with Gasteiger partial charge in [-0.3, -0.25) is 4.79 Å². The van der Waals surface area contributed by atoms with Crippen LogP contribution in [0.15, 0.2) is 42.5 Å². The van der Waals surface area contributed by atoms with Crippen LogP contribution in [0.2, 0.25) is 0 Å². The number of nitrogens with two attached hydrogens (primary N) is 1. The molecule has 3 rings (SSSR count). The van der Waals surface area contributed by atoms with Crippen molar-refractivity contribution in [3.05, 3.63) is 59.2 Å². The van der Waals surface area contributed by atoms with Crippen molar-refractivity contribution < 1.29 is 4.79 Å². The number of aryl methyl sites for hydroxylation is 2. The SMILES string of the molecule is CCN(C(=O)c1ccc2c(c1)CCC2)c1ccccc1N. The molecule has 0 aromatic heterocycles. The van der Waals surface area contributed by atoms with Crippen molar-refractivity contribution in [2.24, 2.45) is 0 Å². The summed E-state index contributed by atoms with van der Waals surface area (Å²) >= 11 is 0. The van der Waals surface area contributed by atoms with Gasteiger partial charge >= 0.3 is 0 Å². The lowest BCUT2D eigenvalue weighted by atomic mass is 10.1. The minimum Gasteiger partial charge on any atom is -0.397 e. The molecule has 3 heteroatoms. The highest BCUT2D eigenvalue weighted by molar-refractivity contribution is 6.07. The summed E-state index contributed by atoms with van der Waals surface area (Å²) < 4.78 is 0. The molecule has 0 aliphatic heterocycles. The molecular weight excluding hydrogens is 260 g/mol. The molecule has 0 spiro atoms. The van der Waals surface area contributed by atoms with E-state index in [2.05, 4.69) is 6.07 Å². The van der Waals surface area contributed by atoms with E-state index >= 15 is 0 Å². The zero-order valence-corrected chi connectivity index (χ0v) is 12.3. The fourth-order valence-electron chi connectivity index (χ4n) is 3.02. The largest absolute Gasteiger partial charge is 0.397 e. The van der Waals surface area contributed by atoms with Crippen LogP contribution in [0.1, 0.15) is 34.8 Å². The van der Waals surface area contributed by atoms with Gasteiger partial charge in [0.05, 0.1) is 11.4 Å². The summed E-state index contributed by atoms with van der Waals surface area (Å²) in [7, 11) is 0. The third kappa shape index (κ3) is 2.51. The second kappa shape index (κ2) is 5.60. The van der Waals surface area contributed by atoms with Crippen LogP contribution in [0.4, 0.5) is 11.4 Å². The Labute approximate surface area is 125 Å². The molecule has 2 aromatic carbocycles. The van der Waals surface area contributed by atoms with Crippen LogP contribution in [0.3, 0.4) is 0 Å². The third-order valence-electron chi connectivity index (χ3n) is 4.13. The Balaban J connectivity index is 1.94. The zero-order chi connectivity index (χ0) is 14.8. The molecule has 1 aliphatic carbocycles. The lowest BCUT2D eigenvalue weighted by molar-refractivity contribution is 0.0988. The molecule has 0 bridgehead atoms. The topological polar surface area (TPSA) is 46.3 Å². The normalized spacial score (nSPS) is 13.0. The second-order valence-corrected chi connectivity index (χ2v) is 5.45. The fraction of sp³-hybridized carbons (Fsp3) is 0.278. The highest BCUT2D eigenvalue weighted by atomic mass is 16.2. The van der Waals surface area contributed by atoms with Crippen LogP contribution in [-0.2, 0) is 12.8 Å². The number of nitrogen functional groups attached to an aromatic ring is 1. The van der Waals surface area contributed by atoms with Gasteiger partial charge in [0, 0.05) is 12.1 Å². The number of amides is 1. The molecule has 3 nitrogen and oxygen atoms in total. The first-order valence-corrected chi connectivity index (χ1v) is 7.49. The van der Waals surface area contributed by atoms with Gasteiger partial charge in [-0.25, -0.2) is 0 Å². The van der Waals surface area contributed by atoms with Gasteiger partial charge in [0.1, 0.15) is 0 Å². The first-order chi connectivity index (χ1) is 10.2. The Morgan fingerprint density at radius 2 is 1.90 bits per heavy atom. The number of nitrogens with zero attached hydrogens (tertiary/aromatic N) is 1. The van der Waals surface area contributed by atoms with Crippen LogP contribution in [0.25, 0.3) is 0 Å². The van der Waals surface area contributed by atoms with Crippen molar-refractivity contribution >= 4 is 17.3 Å². The van der Waals surface area contributed by atoms with Crippen molar-refractivity contribution in [3.63, 3.8) is 0 Å². The number of benzene rings is 2. The lowest BCUT2D eigenvalue weighted by Crippen LogP contribution is -2.31. The van der Waals surface area contributed by atoms with Gasteiger partial charge in [0.2, 0.25) is 0 Å². The molecule has 0 radical (unpaired) electrons. The summed E-state index contributed by atoms with van der Waals surface area (Å²) in [6, 6.07) is 13.6. The summed E-state index contributed by atoms with van der Waals surface area (Å²) in [6.45, 7) is 2.57. The highest BCUT2D eigenvalue weighted by Crippen LogP contribution is 2.27. The first-order valence-electron chi connectivity index (χ1n) is 7.49. The number of rotatable bonds is 3. The Bertz CT molecular complexity index is 679. The maximum atomic E-state index is 12.8. The van der Waals surface area contributed by atoms with E-state index in [1.807, 2.05) is 43.3 Å². The summed E-state index contributed by atoms with van der Waals surface area (Å²) in [6.07, 6.45) is 3.40. The number of carbonyl (C=O) groups is 1. The Hall–Kier alpha value is -2.29. The van der Waals surface area contributed by atoms with Gasteiger partial charge in [-0.1, -0.05) is 18.2 Å². The predicted molar refractivity (Wildman–Crippen MR) is 86.7 cm³/mol. The van der Waals surface area contributed by atoms with E-state index in [4.69, 9.17) is 5.73 Å². The fourth-order valence-corrected chi connectivity index (χ4v) is 3.02. The highest BCUT2D eigenvalue weighted by Gasteiger charge is 2.20. The number of hydrogen-bond acceptors (Lipinski definition) is 2. The maximum Gasteiger partial charge on any atom is 0.258 e. The molecule has 2 N–H and O–H groups in total. The third-order valence-corrected chi connectivity index (χ3v) is 4.13. The molecule has 0 saturated carbocycles. The molecule has 1 amide bonds. The Kier molecular flexibility index (Phi) is 3.65. The van der Waals surface area contributed by atoms with Crippen LogP contribution >= 0.6 is 0 Å². The molecule has 21 heavy (non-hydrogen) atoms. The van der Waals surface area contributed by atoms with E-state index in [1.54, 1.807) is 4.90 Å². The van der Waals surface area contributed by atoms with E-state index < -0.39 is 0 Å². The zero-order valence-electron chi connectivity index (χ0n) is 12.3. The number of carbonyl (C=O) groups excluding carboxylic acids is 1. The van der Waals surface area contributed by atoms with Gasteiger partial charge in [-0.15, -0.1) is 0 Å². The summed E-state index contributed by atoms with van der Waals surface area (Å²) in [5, 5.41) is 0. The predicted octanol–water partition coefficient (Wildman–Crippen LogP) is 3.42. The van der Waals surface area contributed by atoms with E-state index in [0.29, 0.717) is 12.2 Å². The average molecular weight is 280 g/mol. The van der Waals surface area contributed by atoms with Gasteiger partial charge < -0.3 is 10.6 Å². The van der Waals surface area contributed by atoms with Crippen LogP contribution in [0, 0.1) is 0 Å². The number of hydrogen-bond donors (Lipinski definition) is 1. The Morgan fingerprint density at radius 1 is 1.14 bits per heavy atom. The van der Waals surface area contributed by atoms with Crippen molar-refractivity contribution in [1.82, 2.24) is 0 Å². The van der Waals surface area contributed by atoms with Crippen LogP contribution in [-0.4, -0.2) is 12.5 Å². The average Bonchev–Trinajstić information content (AvgIpc) is 2.97. The monoisotopic (exact) mass is 280 g/mol. The smallest absolute Gasteiger partial charge is 0.258 e. The van der Waals surface area contributed by atoms with Crippen molar-refractivity contribution in [2.45, 2.75) is 26.2 Å². The maximum absolute atomic E-state index is 12.8. The number of anilines is 2. The van der Waals surface area contributed by atoms with Crippen LogP contribution in [0.5, 0.6) is 0 Å². The molecular formula is C18H20N2O. The molecule has 0 saturated heterocycles. The molecule has 0 fully saturated rings. The summed E-state index contributed by atoms with van der Waals surface area (Å²) in [5.74, 6) is 0.0186. The van der Waals surface area contributed by atoms with Gasteiger partial charge in [-0.05, 0) is 61.6 Å². The molecule has 108 valence electrons. The van der Waals surface area contributed by atoms with E-state index in [-0.39, 0.29) is 5.91 Å². The molecule has 0 heterocycles. The summed E-state index contributed by atoms with van der Waals surface area (Å²) in [4.78, 5) is 14.5. The van der Waals surface area contributed by atoms with E-state index in [0.717, 1.165) is 24.1 Å². The molecule has 1 aliphatic rings. The van der Waals surface area contributed by atoms with Crippen molar-refractivity contribution in [3.8, 4) is 0 Å². The minimum atomic E-state index is 0.0186. The van der Waals surface area contributed by atoms with Crippen molar-refractivity contribution in [2.75, 3.05) is 17.2 Å². The Morgan fingerprint density at radius 3 is 2.67 bits per heavy atom. The minimum absolute atomic E-state index is 0.0186. The lowest BCUT2D eigenvalue weighted by Gasteiger charge is -2.23. The quantitative estimate of drug-likeness (QED) is 0.876. The standard InChI is InChI=1S/C18H20N2O/c1-2-20(17-9-4-3-8-16(17)19)18(21)15-11-10-13-6-5-7-14(13)12-15/h3-4,8-12H,2,5-7,19H2,1H3. The van der Waals surface area contributed by atoms with Crippen molar-refractivity contribution in [1.29, 1.82) is 0 Å². The molecule has 0 unspecified atom stereocenters. The van der Waals surface area contributed by atoms with Gasteiger partial charge in [-0.2, -0.15) is 0 Å². The second-order valence-electron chi connectivity index (χ2n) is 5.45. The summed E-state index contributed by atoms with van der Waals surface area (Å²) in [5.41, 5.74) is 10.9. The number of fused-ring (bicyclic) bond motifs is 1. The molecule has 2 aromatic rings.